The standard InChI is InChI=1S/C26H26N2O3S/c29-25(28-22(17-31-26(28)30)13-19-7-3-1-4-8-19)24-16-27(14-20-9-5-2-6-10-20)15-23(24)21-11-12-32-18-21/h1-12,18,22-24H,13-17H2/t22-,23+,24-/m0/s1. The third-order valence-corrected chi connectivity index (χ3v) is 7.15. The van der Waals surface area contributed by atoms with Gasteiger partial charge in [0.15, 0.2) is 0 Å². The molecule has 3 heterocycles. The van der Waals surface area contributed by atoms with Crippen molar-refractivity contribution in [1.29, 1.82) is 0 Å². The normalized spacial score (nSPS) is 23.4. The zero-order valence-corrected chi connectivity index (χ0v) is 18.6. The number of amides is 2. The summed E-state index contributed by atoms with van der Waals surface area (Å²) in [4.78, 5) is 30.1. The van der Waals surface area contributed by atoms with E-state index in [0.717, 1.165) is 18.7 Å². The summed E-state index contributed by atoms with van der Waals surface area (Å²) in [6, 6.07) is 22.1. The SMILES string of the molecule is O=C1OC[C@H](Cc2ccccc2)N1C(=O)[C@H]1CN(Cc2ccccc2)C[C@@H]1c1ccsc1. The molecule has 0 saturated carbocycles. The molecule has 0 spiro atoms. The van der Waals surface area contributed by atoms with E-state index in [1.807, 2.05) is 48.5 Å². The van der Waals surface area contributed by atoms with Gasteiger partial charge in [-0.2, -0.15) is 11.3 Å². The van der Waals surface area contributed by atoms with E-state index in [-0.39, 0.29) is 30.4 Å². The molecule has 32 heavy (non-hydrogen) atoms. The number of cyclic esters (lactones) is 1. The van der Waals surface area contributed by atoms with Gasteiger partial charge in [0.25, 0.3) is 0 Å². The molecule has 2 aliphatic rings. The molecule has 5 rings (SSSR count). The number of ether oxygens (including phenoxy) is 1. The molecular weight excluding hydrogens is 420 g/mol. The van der Waals surface area contributed by atoms with Gasteiger partial charge in [0, 0.05) is 25.6 Å². The predicted octanol–water partition coefficient (Wildman–Crippen LogP) is 4.55. The molecule has 3 atom stereocenters. The highest BCUT2D eigenvalue weighted by Gasteiger charge is 2.46. The lowest BCUT2D eigenvalue weighted by Crippen LogP contribution is -2.45. The molecule has 2 aliphatic heterocycles. The summed E-state index contributed by atoms with van der Waals surface area (Å²) in [5, 5.41) is 4.18. The van der Waals surface area contributed by atoms with E-state index >= 15 is 0 Å². The molecule has 6 heteroatoms. The van der Waals surface area contributed by atoms with Gasteiger partial charge in [-0.25, -0.2) is 9.69 Å². The van der Waals surface area contributed by atoms with Gasteiger partial charge < -0.3 is 4.74 Å². The zero-order chi connectivity index (χ0) is 21.9. The predicted molar refractivity (Wildman–Crippen MR) is 124 cm³/mol. The van der Waals surface area contributed by atoms with Crippen LogP contribution >= 0.6 is 11.3 Å². The van der Waals surface area contributed by atoms with Gasteiger partial charge in [0.1, 0.15) is 6.61 Å². The van der Waals surface area contributed by atoms with E-state index in [1.54, 1.807) is 11.3 Å². The lowest BCUT2D eigenvalue weighted by molar-refractivity contribution is -0.133. The number of hydrogen-bond acceptors (Lipinski definition) is 5. The molecule has 2 saturated heterocycles. The van der Waals surface area contributed by atoms with Crippen molar-refractivity contribution < 1.29 is 14.3 Å². The molecular formula is C26H26N2O3S. The second-order valence-electron chi connectivity index (χ2n) is 8.58. The minimum Gasteiger partial charge on any atom is -0.447 e. The number of nitrogens with zero attached hydrogens (tertiary/aromatic N) is 2. The lowest BCUT2D eigenvalue weighted by atomic mass is 9.89. The molecule has 0 unspecified atom stereocenters. The Hall–Kier alpha value is -2.96. The van der Waals surface area contributed by atoms with E-state index in [0.29, 0.717) is 13.0 Å². The van der Waals surface area contributed by atoms with Crippen LogP contribution in [0.3, 0.4) is 0 Å². The van der Waals surface area contributed by atoms with Gasteiger partial charge >= 0.3 is 6.09 Å². The largest absolute Gasteiger partial charge is 0.447 e. The molecule has 1 aromatic heterocycles. The van der Waals surface area contributed by atoms with Crippen LogP contribution in [-0.4, -0.2) is 47.5 Å². The second-order valence-corrected chi connectivity index (χ2v) is 9.36. The van der Waals surface area contributed by atoms with E-state index in [9.17, 15) is 9.59 Å². The molecule has 2 aromatic carbocycles. The fourth-order valence-corrected chi connectivity index (χ4v) is 5.60. The number of rotatable bonds is 6. The number of benzene rings is 2. The third-order valence-electron chi connectivity index (χ3n) is 6.45. The highest BCUT2D eigenvalue weighted by atomic mass is 32.1. The first-order valence-electron chi connectivity index (χ1n) is 11.0. The fourth-order valence-electron chi connectivity index (χ4n) is 4.88. The van der Waals surface area contributed by atoms with Crippen molar-refractivity contribution >= 4 is 23.3 Å². The van der Waals surface area contributed by atoms with Gasteiger partial charge in [-0.1, -0.05) is 60.7 Å². The number of carbonyl (C=O) groups excluding carboxylic acids is 2. The smallest absolute Gasteiger partial charge is 0.416 e. The monoisotopic (exact) mass is 446 g/mol. The topological polar surface area (TPSA) is 49.9 Å². The van der Waals surface area contributed by atoms with Gasteiger partial charge in [-0.15, -0.1) is 0 Å². The maximum atomic E-state index is 13.8. The molecule has 0 bridgehead atoms. The number of imide groups is 1. The summed E-state index contributed by atoms with van der Waals surface area (Å²) >= 11 is 1.65. The number of carbonyl (C=O) groups is 2. The van der Waals surface area contributed by atoms with Crippen LogP contribution in [0, 0.1) is 5.92 Å². The Labute approximate surface area is 192 Å². The molecule has 0 radical (unpaired) electrons. The molecule has 0 aliphatic carbocycles. The Morgan fingerprint density at radius 2 is 1.69 bits per heavy atom. The Kier molecular flexibility index (Phi) is 6.06. The lowest BCUT2D eigenvalue weighted by Gasteiger charge is -2.25. The van der Waals surface area contributed by atoms with Crippen LogP contribution in [0.25, 0.3) is 0 Å². The first kappa shape index (κ1) is 20.9. The van der Waals surface area contributed by atoms with Crippen LogP contribution in [-0.2, 0) is 22.5 Å². The summed E-state index contributed by atoms with van der Waals surface area (Å²) in [7, 11) is 0. The van der Waals surface area contributed by atoms with E-state index < -0.39 is 6.09 Å². The van der Waals surface area contributed by atoms with Crippen molar-refractivity contribution in [3.63, 3.8) is 0 Å². The summed E-state index contributed by atoms with van der Waals surface area (Å²) in [5.41, 5.74) is 3.50. The minimum absolute atomic E-state index is 0.0724. The number of thiophene rings is 1. The Bertz CT molecular complexity index is 1060. The molecule has 5 nitrogen and oxygen atoms in total. The molecule has 164 valence electrons. The quantitative estimate of drug-likeness (QED) is 0.557. The summed E-state index contributed by atoms with van der Waals surface area (Å²) in [5.74, 6) is -0.305. The van der Waals surface area contributed by atoms with Gasteiger partial charge in [0.05, 0.1) is 12.0 Å². The van der Waals surface area contributed by atoms with Crippen LogP contribution in [0.1, 0.15) is 22.6 Å². The maximum Gasteiger partial charge on any atom is 0.416 e. The second kappa shape index (κ2) is 9.27. The molecule has 2 amide bonds. The van der Waals surface area contributed by atoms with E-state index in [1.165, 1.54) is 16.0 Å². The van der Waals surface area contributed by atoms with Crippen LogP contribution in [0.15, 0.2) is 77.5 Å². The Morgan fingerprint density at radius 1 is 0.969 bits per heavy atom. The third kappa shape index (κ3) is 4.33. The van der Waals surface area contributed by atoms with Crippen molar-refractivity contribution in [2.24, 2.45) is 5.92 Å². The van der Waals surface area contributed by atoms with Crippen LogP contribution in [0.5, 0.6) is 0 Å². The van der Waals surface area contributed by atoms with Crippen molar-refractivity contribution in [1.82, 2.24) is 9.80 Å². The summed E-state index contributed by atoms with van der Waals surface area (Å²) < 4.78 is 5.33. The fraction of sp³-hybridized carbons (Fsp3) is 0.308. The average molecular weight is 447 g/mol. The highest BCUT2D eigenvalue weighted by Crippen LogP contribution is 2.37. The Balaban J connectivity index is 1.37. The average Bonchev–Trinajstić information content (AvgIpc) is 3.55. The van der Waals surface area contributed by atoms with Gasteiger partial charge in [0.2, 0.25) is 5.91 Å². The number of likely N-dealkylation sites (tertiary alicyclic amines) is 1. The zero-order valence-electron chi connectivity index (χ0n) is 17.8. The van der Waals surface area contributed by atoms with Crippen molar-refractivity contribution in [3.05, 3.63) is 94.2 Å². The van der Waals surface area contributed by atoms with E-state index in [2.05, 4.69) is 33.9 Å². The van der Waals surface area contributed by atoms with Crippen molar-refractivity contribution in [2.75, 3.05) is 19.7 Å². The summed E-state index contributed by atoms with van der Waals surface area (Å²) in [6.07, 6.45) is 0.100. The van der Waals surface area contributed by atoms with Crippen LogP contribution < -0.4 is 0 Å². The van der Waals surface area contributed by atoms with Gasteiger partial charge in [-0.05, 0) is 39.9 Å². The maximum absolute atomic E-state index is 13.8. The first-order chi connectivity index (χ1) is 15.7. The van der Waals surface area contributed by atoms with Crippen LogP contribution in [0.2, 0.25) is 0 Å². The van der Waals surface area contributed by atoms with Crippen molar-refractivity contribution in [2.45, 2.75) is 24.9 Å². The molecule has 3 aromatic rings. The highest BCUT2D eigenvalue weighted by molar-refractivity contribution is 7.08. The summed E-state index contributed by atoms with van der Waals surface area (Å²) in [6.45, 7) is 2.48. The Morgan fingerprint density at radius 3 is 2.38 bits per heavy atom. The first-order valence-corrected chi connectivity index (χ1v) is 12.0. The molecule has 2 fully saturated rings. The number of hydrogen-bond donors (Lipinski definition) is 0. The minimum atomic E-state index is -0.512. The van der Waals surface area contributed by atoms with Gasteiger partial charge in [-0.3, -0.25) is 9.69 Å². The van der Waals surface area contributed by atoms with E-state index in [4.69, 9.17) is 4.74 Å². The van der Waals surface area contributed by atoms with Crippen molar-refractivity contribution in [3.8, 4) is 0 Å². The molecule has 0 N–H and O–H groups in total. The van der Waals surface area contributed by atoms with Crippen LogP contribution in [0.4, 0.5) is 4.79 Å².